The average molecular weight is 772 g/mol. The Bertz CT molecular complexity index is 2230. The molecule has 0 atom stereocenters. The van der Waals surface area contributed by atoms with Gasteiger partial charge in [0.2, 0.25) is 0 Å². The van der Waals surface area contributed by atoms with Crippen LogP contribution in [0, 0.1) is 23.3 Å². The van der Waals surface area contributed by atoms with Gasteiger partial charge in [0, 0.05) is 52.2 Å². The van der Waals surface area contributed by atoms with E-state index in [0.717, 1.165) is 46.5 Å². The standard InChI is InChI=1S/C20H13F2N3O.C14H10Cl2N2.C6H5F2NO/c21-16-11-15(12-17(22)18(16)26)25-19(13-7-3-1-4-8-13)23-24-20(25)14-9-5-2-6-10-14;15-13(11-7-3-1-4-8-11)17-18-14(16)12-9-5-2-6-10-12;7-4-1-3(9)2-5(8)6(4)10/h1-12,26H;1-10H;1-2,10H,9H2/b;17-13-,18-14-;. The Kier molecular flexibility index (Phi) is 13.1. The summed E-state index contributed by atoms with van der Waals surface area (Å²) in [6.07, 6.45) is 0. The molecule has 7 aromatic rings. The van der Waals surface area contributed by atoms with Gasteiger partial charge in [0.25, 0.3) is 0 Å². The van der Waals surface area contributed by atoms with Crippen molar-refractivity contribution < 1.29 is 27.8 Å². The van der Waals surface area contributed by atoms with Crippen LogP contribution in [0.5, 0.6) is 11.5 Å². The highest BCUT2D eigenvalue weighted by atomic mass is 35.5. The van der Waals surface area contributed by atoms with Crippen LogP contribution in [-0.4, -0.2) is 35.3 Å². The maximum absolute atomic E-state index is 14.0. The number of aromatic nitrogens is 3. The van der Waals surface area contributed by atoms with Gasteiger partial charge in [-0.05, 0) is 0 Å². The molecule has 272 valence electrons. The summed E-state index contributed by atoms with van der Waals surface area (Å²) in [5.41, 5.74) is 8.27. The monoisotopic (exact) mass is 770 g/mol. The van der Waals surface area contributed by atoms with Gasteiger partial charge in [-0.1, -0.05) is 145 Å². The molecule has 0 radical (unpaired) electrons. The van der Waals surface area contributed by atoms with E-state index in [2.05, 4.69) is 20.4 Å². The summed E-state index contributed by atoms with van der Waals surface area (Å²) in [7, 11) is 0. The fourth-order valence-corrected chi connectivity index (χ4v) is 5.03. The number of benzene rings is 6. The van der Waals surface area contributed by atoms with Gasteiger partial charge in [-0.3, -0.25) is 4.57 Å². The van der Waals surface area contributed by atoms with Gasteiger partial charge < -0.3 is 15.9 Å². The number of anilines is 1. The molecule has 1 aromatic heterocycles. The van der Waals surface area contributed by atoms with Gasteiger partial charge in [-0.2, -0.15) is 0 Å². The van der Waals surface area contributed by atoms with Crippen LogP contribution in [-0.2, 0) is 0 Å². The number of rotatable bonds is 6. The Balaban J connectivity index is 0.000000173. The van der Waals surface area contributed by atoms with E-state index in [-0.39, 0.29) is 11.4 Å². The molecule has 1 heterocycles. The summed E-state index contributed by atoms with van der Waals surface area (Å²) >= 11 is 12.0. The highest BCUT2D eigenvalue weighted by Gasteiger charge is 2.20. The van der Waals surface area contributed by atoms with Crippen molar-refractivity contribution in [2.75, 3.05) is 5.73 Å². The molecule has 8 nitrogen and oxygen atoms in total. The van der Waals surface area contributed by atoms with Crippen molar-refractivity contribution in [3.8, 4) is 40.0 Å². The number of nitrogens with zero attached hydrogens (tertiary/aromatic N) is 5. The number of nitrogen functional groups attached to an aromatic ring is 1. The minimum Gasteiger partial charge on any atom is -0.503 e. The van der Waals surface area contributed by atoms with Crippen LogP contribution < -0.4 is 5.73 Å². The molecule has 0 saturated carbocycles. The highest BCUT2D eigenvalue weighted by molar-refractivity contribution is 6.71. The molecule has 54 heavy (non-hydrogen) atoms. The molecule has 0 aliphatic rings. The summed E-state index contributed by atoms with van der Waals surface area (Å²) in [5, 5.41) is 34.8. The molecule has 0 aliphatic heterocycles. The molecule has 0 fully saturated rings. The second-order valence-electron chi connectivity index (χ2n) is 11.0. The van der Waals surface area contributed by atoms with Gasteiger partial charge in [0.15, 0.2) is 56.8 Å². The van der Waals surface area contributed by atoms with Crippen LogP contribution in [0.2, 0.25) is 0 Å². The van der Waals surface area contributed by atoms with E-state index in [9.17, 15) is 22.7 Å². The van der Waals surface area contributed by atoms with E-state index in [1.807, 2.05) is 121 Å². The van der Waals surface area contributed by atoms with Crippen molar-refractivity contribution >= 4 is 39.2 Å². The molecule has 0 saturated heterocycles. The SMILES string of the molecule is Cl/C(=N\N=C(/Cl)c1ccccc1)c1ccccc1.Nc1cc(F)c(O)c(F)c1.Oc1c(F)cc(-n2c(-c3ccccc3)nnc2-c2ccccc2)cc1F. The van der Waals surface area contributed by atoms with E-state index in [0.29, 0.717) is 22.0 Å². The normalized spacial score (nSPS) is 11.2. The lowest BCUT2D eigenvalue weighted by molar-refractivity contribution is 0.396. The van der Waals surface area contributed by atoms with Crippen molar-refractivity contribution in [1.29, 1.82) is 0 Å². The molecule has 7 rings (SSSR count). The number of phenolic OH excluding ortho intramolecular Hbond substituents is 2. The number of halogens is 6. The first-order valence-corrected chi connectivity index (χ1v) is 16.5. The van der Waals surface area contributed by atoms with Crippen molar-refractivity contribution in [2.24, 2.45) is 10.2 Å². The Hall–Kier alpha value is -6.50. The van der Waals surface area contributed by atoms with Crippen LogP contribution >= 0.6 is 23.2 Å². The highest BCUT2D eigenvalue weighted by Crippen LogP contribution is 2.31. The summed E-state index contributed by atoms with van der Waals surface area (Å²) < 4.78 is 54.0. The predicted octanol–water partition coefficient (Wildman–Crippen LogP) is 10.1. The minimum absolute atomic E-state index is 0.0483. The van der Waals surface area contributed by atoms with Crippen LogP contribution in [0.25, 0.3) is 28.5 Å². The van der Waals surface area contributed by atoms with Crippen LogP contribution in [0.15, 0.2) is 156 Å². The van der Waals surface area contributed by atoms with Gasteiger partial charge in [0.05, 0.1) is 5.69 Å². The first-order valence-electron chi connectivity index (χ1n) is 15.8. The molecular weight excluding hydrogens is 743 g/mol. The van der Waals surface area contributed by atoms with Crippen LogP contribution in [0.4, 0.5) is 23.2 Å². The lowest BCUT2D eigenvalue weighted by atomic mass is 10.1. The predicted molar refractivity (Wildman–Crippen MR) is 204 cm³/mol. The van der Waals surface area contributed by atoms with E-state index in [1.165, 1.54) is 0 Å². The number of nitrogens with two attached hydrogens (primary N) is 1. The van der Waals surface area contributed by atoms with E-state index < -0.39 is 34.8 Å². The van der Waals surface area contributed by atoms with Gasteiger partial charge >= 0.3 is 0 Å². The molecule has 6 aromatic carbocycles. The molecule has 0 aliphatic carbocycles. The lowest BCUT2D eigenvalue weighted by Crippen LogP contribution is -2.02. The van der Waals surface area contributed by atoms with Gasteiger partial charge in [-0.25, -0.2) is 17.6 Å². The third kappa shape index (κ3) is 9.88. The summed E-state index contributed by atoms with van der Waals surface area (Å²) in [6.45, 7) is 0. The third-order valence-electron chi connectivity index (χ3n) is 7.28. The van der Waals surface area contributed by atoms with Gasteiger partial charge in [-0.15, -0.1) is 20.4 Å². The second-order valence-corrected chi connectivity index (χ2v) is 11.7. The van der Waals surface area contributed by atoms with Crippen molar-refractivity contribution in [3.05, 3.63) is 180 Å². The van der Waals surface area contributed by atoms with E-state index in [4.69, 9.17) is 34.0 Å². The number of aromatic hydroxyl groups is 2. The molecular formula is C40H28Cl2F4N6O2. The van der Waals surface area contributed by atoms with E-state index >= 15 is 0 Å². The van der Waals surface area contributed by atoms with E-state index in [1.54, 1.807) is 4.57 Å². The minimum atomic E-state index is -1.05. The van der Waals surface area contributed by atoms with Crippen LogP contribution in [0.1, 0.15) is 11.1 Å². The molecule has 4 N–H and O–H groups in total. The lowest BCUT2D eigenvalue weighted by Gasteiger charge is -2.12. The maximum Gasteiger partial charge on any atom is 0.187 e. The third-order valence-corrected chi connectivity index (χ3v) is 7.86. The average Bonchev–Trinajstić information content (AvgIpc) is 3.65. The number of hydrogen-bond acceptors (Lipinski definition) is 7. The zero-order valence-electron chi connectivity index (χ0n) is 27.8. The summed E-state index contributed by atoms with van der Waals surface area (Å²) in [4.78, 5) is 0. The first kappa shape index (κ1) is 38.7. The summed E-state index contributed by atoms with van der Waals surface area (Å²) in [6, 6.07) is 41.0. The molecule has 14 heteroatoms. The van der Waals surface area contributed by atoms with Crippen molar-refractivity contribution in [3.63, 3.8) is 0 Å². The Labute approximate surface area is 316 Å². The molecule has 0 unspecified atom stereocenters. The van der Waals surface area contributed by atoms with Crippen molar-refractivity contribution in [2.45, 2.75) is 0 Å². The molecule has 0 spiro atoms. The maximum atomic E-state index is 14.0. The molecule has 0 amide bonds. The fraction of sp³-hybridized carbons (Fsp3) is 0. The van der Waals surface area contributed by atoms with Crippen molar-refractivity contribution in [1.82, 2.24) is 14.8 Å². The Morgan fingerprint density at radius 3 is 1.19 bits per heavy atom. The zero-order chi connectivity index (χ0) is 38.6. The van der Waals surface area contributed by atoms with Gasteiger partial charge in [0.1, 0.15) is 0 Å². The van der Waals surface area contributed by atoms with Crippen LogP contribution in [0.3, 0.4) is 0 Å². The number of hydrogen-bond donors (Lipinski definition) is 3. The Morgan fingerprint density at radius 1 is 0.519 bits per heavy atom. The summed E-state index contributed by atoms with van der Waals surface area (Å²) in [5.74, 6) is -5.31. The topological polar surface area (TPSA) is 122 Å². The first-order chi connectivity index (χ1) is 26.0. The molecule has 0 bridgehead atoms. The second kappa shape index (κ2) is 18.3. The zero-order valence-corrected chi connectivity index (χ0v) is 29.3. The Morgan fingerprint density at radius 2 is 0.833 bits per heavy atom. The largest absolute Gasteiger partial charge is 0.503 e. The quantitative estimate of drug-likeness (QED) is 0.0511. The fourth-order valence-electron chi connectivity index (χ4n) is 4.70. The number of phenols is 2. The smallest absolute Gasteiger partial charge is 0.187 e.